The van der Waals surface area contributed by atoms with Gasteiger partial charge in [0, 0.05) is 10.7 Å². The standard InChI is InChI=1S/C16H14S/c1-17-16-10-15(16)13-8-3-2-6-11(13)12-7-4-5-9-14(12)16/h2-9,15H,10H2,1H3/t15-,16-/m1/s1. The first-order chi connectivity index (χ1) is 8.37. The van der Waals surface area contributed by atoms with Gasteiger partial charge in [-0.25, -0.2) is 0 Å². The van der Waals surface area contributed by atoms with E-state index in [-0.39, 0.29) is 0 Å². The highest BCUT2D eigenvalue weighted by molar-refractivity contribution is 7.99. The lowest BCUT2D eigenvalue weighted by Gasteiger charge is -2.26. The first-order valence-electron chi connectivity index (χ1n) is 6.11. The van der Waals surface area contributed by atoms with Crippen LogP contribution < -0.4 is 0 Å². The van der Waals surface area contributed by atoms with Crippen LogP contribution in [0.15, 0.2) is 48.5 Å². The van der Waals surface area contributed by atoms with Gasteiger partial charge in [0.05, 0.1) is 0 Å². The van der Waals surface area contributed by atoms with Gasteiger partial charge in [-0.1, -0.05) is 48.5 Å². The van der Waals surface area contributed by atoms with E-state index in [9.17, 15) is 0 Å². The predicted molar refractivity (Wildman–Crippen MR) is 74.4 cm³/mol. The third-order valence-electron chi connectivity index (χ3n) is 4.28. The van der Waals surface area contributed by atoms with Crippen LogP contribution in [0.25, 0.3) is 11.1 Å². The summed E-state index contributed by atoms with van der Waals surface area (Å²) in [7, 11) is 0. The number of benzene rings is 2. The van der Waals surface area contributed by atoms with Crippen LogP contribution in [0.1, 0.15) is 23.5 Å². The van der Waals surface area contributed by atoms with Gasteiger partial charge in [-0.05, 0) is 34.9 Å². The molecule has 0 heterocycles. The normalized spacial score (nSPS) is 27.9. The second-order valence-electron chi connectivity index (χ2n) is 4.98. The van der Waals surface area contributed by atoms with Crippen LogP contribution in [0, 0.1) is 0 Å². The van der Waals surface area contributed by atoms with E-state index in [1.807, 2.05) is 11.8 Å². The Balaban J connectivity index is 2.07. The molecular formula is C16H14S. The number of rotatable bonds is 1. The summed E-state index contributed by atoms with van der Waals surface area (Å²) in [5.74, 6) is 0.739. The minimum atomic E-state index is 0.380. The van der Waals surface area contributed by atoms with Gasteiger partial charge in [0.1, 0.15) is 0 Å². The molecule has 1 heteroatoms. The van der Waals surface area contributed by atoms with Crippen LogP contribution >= 0.6 is 11.8 Å². The minimum absolute atomic E-state index is 0.380. The molecule has 0 aliphatic heterocycles. The number of hydrogen-bond acceptors (Lipinski definition) is 1. The zero-order valence-electron chi connectivity index (χ0n) is 9.81. The Morgan fingerprint density at radius 2 is 1.71 bits per heavy atom. The Morgan fingerprint density at radius 3 is 2.53 bits per heavy atom. The molecule has 2 aromatic carbocycles. The van der Waals surface area contributed by atoms with Crippen molar-refractivity contribution < 1.29 is 0 Å². The highest BCUT2D eigenvalue weighted by atomic mass is 32.2. The zero-order valence-corrected chi connectivity index (χ0v) is 10.6. The van der Waals surface area contributed by atoms with Gasteiger partial charge in [0.15, 0.2) is 0 Å². The fourth-order valence-electron chi connectivity index (χ4n) is 3.37. The second kappa shape index (κ2) is 3.17. The van der Waals surface area contributed by atoms with E-state index in [4.69, 9.17) is 0 Å². The van der Waals surface area contributed by atoms with Gasteiger partial charge >= 0.3 is 0 Å². The average Bonchev–Trinajstić information content (AvgIpc) is 3.16. The first-order valence-corrected chi connectivity index (χ1v) is 7.33. The molecule has 0 aromatic heterocycles. The SMILES string of the molecule is CS[C@@]12C[C@@H]1c1ccccc1-c1ccccc12. The van der Waals surface area contributed by atoms with E-state index in [0.717, 1.165) is 5.92 Å². The summed E-state index contributed by atoms with van der Waals surface area (Å²) >= 11 is 2.03. The van der Waals surface area contributed by atoms with Crippen molar-refractivity contribution in [1.29, 1.82) is 0 Å². The molecular weight excluding hydrogens is 224 g/mol. The summed E-state index contributed by atoms with van der Waals surface area (Å²) in [6.45, 7) is 0. The van der Waals surface area contributed by atoms with E-state index in [0.29, 0.717) is 4.75 Å². The van der Waals surface area contributed by atoms with Crippen molar-refractivity contribution in [2.24, 2.45) is 0 Å². The topological polar surface area (TPSA) is 0 Å². The Bertz CT molecular complexity index is 602. The van der Waals surface area contributed by atoms with Crippen molar-refractivity contribution in [1.82, 2.24) is 0 Å². The molecule has 2 aliphatic carbocycles. The van der Waals surface area contributed by atoms with E-state index in [1.165, 1.54) is 17.5 Å². The van der Waals surface area contributed by atoms with Gasteiger partial charge in [-0.2, -0.15) is 11.8 Å². The molecule has 0 bridgehead atoms. The summed E-state index contributed by atoms with van der Waals surface area (Å²) in [6.07, 6.45) is 3.56. The summed E-state index contributed by atoms with van der Waals surface area (Å²) in [6, 6.07) is 17.9. The molecule has 4 rings (SSSR count). The summed E-state index contributed by atoms with van der Waals surface area (Å²) in [4.78, 5) is 0. The molecule has 0 unspecified atom stereocenters. The zero-order chi connectivity index (χ0) is 11.5. The number of fused-ring (bicyclic) bond motifs is 6. The van der Waals surface area contributed by atoms with E-state index >= 15 is 0 Å². The first kappa shape index (κ1) is 9.78. The van der Waals surface area contributed by atoms with Crippen LogP contribution in [0.4, 0.5) is 0 Å². The lowest BCUT2D eigenvalue weighted by molar-refractivity contribution is 0.942. The number of thioether (sulfide) groups is 1. The lowest BCUT2D eigenvalue weighted by Crippen LogP contribution is -2.11. The molecule has 0 radical (unpaired) electrons. The average molecular weight is 238 g/mol. The fourth-order valence-corrected chi connectivity index (χ4v) is 4.51. The molecule has 0 saturated heterocycles. The third-order valence-corrected chi connectivity index (χ3v) is 5.68. The van der Waals surface area contributed by atoms with Crippen LogP contribution in [0.2, 0.25) is 0 Å². The predicted octanol–water partition coefficient (Wildman–Crippen LogP) is 4.41. The maximum atomic E-state index is 2.32. The van der Waals surface area contributed by atoms with Crippen molar-refractivity contribution in [3.8, 4) is 11.1 Å². The molecule has 0 nitrogen and oxygen atoms in total. The van der Waals surface area contributed by atoms with E-state index in [1.54, 1.807) is 11.1 Å². The van der Waals surface area contributed by atoms with Crippen LogP contribution in [0.5, 0.6) is 0 Å². The molecule has 0 amide bonds. The van der Waals surface area contributed by atoms with Crippen molar-refractivity contribution in [3.63, 3.8) is 0 Å². The molecule has 2 aliphatic rings. The Hall–Kier alpha value is -1.21. The summed E-state index contributed by atoms with van der Waals surface area (Å²) in [5, 5.41) is 0. The Morgan fingerprint density at radius 1 is 1.00 bits per heavy atom. The van der Waals surface area contributed by atoms with Gasteiger partial charge in [-0.15, -0.1) is 0 Å². The highest BCUT2D eigenvalue weighted by Gasteiger charge is 2.59. The Labute approximate surface area is 106 Å². The molecule has 84 valence electrons. The molecule has 2 aromatic rings. The van der Waals surface area contributed by atoms with Crippen LogP contribution in [-0.2, 0) is 4.75 Å². The molecule has 1 saturated carbocycles. The van der Waals surface area contributed by atoms with Crippen molar-refractivity contribution in [3.05, 3.63) is 59.7 Å². The van der Waals surface area contributed by atoms with E-state index in [2.05, 4.69) is 54.8 Å². The summed E-state index contributed by atoms with van der Waals surface area (Å²) < 4.78 is 0.380. The van der Waals surface area contributed by atoms with Crippen LogP contribution in [0.3, 0.4) is 0 Å². The summed E-state index contributed by atoms with van der Waals surface area (Å²) in [5.41, 5.74) is 6.01. The van der Waals surface area contributed by atoms with E-state index < -0.39 is 0 Å². The quantitative estimate of drug-likeness (QED) is 0.709. The monoisotopic (exact) mass is 238 g/mol. The molecule has 0 N–H and O–H groups in total. The minimum Gasteiger partial charge on any atom is -0.153 e. The van der Waals surface area contributed by atoms with Gasteiger partial charge in [0.25, 0.3) is 0 Å². The van der Waals surface area contributed by atoms with Gasteiger partial charge in [-0.3, -0.25) is 0 Å². The Kier molecular flexibility index (Phi) is 1.82. The number of hydrogen-bond donors (Lipinski definition) is 0. The molecule has 0 spiro atoms. The van der Waals surface area contributed by atoms with Crippen molar-refractivity contribution in [2.45, 2.75) is 17.1 Å². The smallest absolute Gasteiger partial charge is 0.0487 e. The molecule has 2 atom stereocenters. The van der Waals surface area contributed by atoms with Gasteiger partial charge < -0.3 is 0 Å². The maximum absolute atomic E-state index is 2.32. The third kappa shape index (κ3) is 1.11. The lowest BCUT2D eigenvalue weighted by atomic mass is 9.85. The second-order valence-corrected chi connectivity index (χ2v) is 6.12. The molecule has 1 fully saturated rings. The fraction of sp³-hybridized carbons (Fsp3) is 0.250. The van der Waals surface area contributed by atoms with Crippen LogP contribution in [-0.4, -0.2) is 6.26 Å². The van der Waals surface area contributed by atoms with Crippen molar-refractivity contribution >= 4 is 11.8 Å². The molecule has 17 heavy (non-hydrogen) atoms. The largest absolute Gasteiger partial charge is 0.153 e. The van der Waals surface area contributed by atoms with Crippen molar-refractivity contribution in [2.75, 3.05) is 6.26 Å². The maximum Gasteiger partial charge on any atom is 0.0487 e. The highest BCUT2D eigenvalue weighted by Crippen LogP contribution is 2.71. The van der Waals surface area contributed by atoms with Gasteiger partial charge in [0.2, 0.25) is 0 Å².